The van der Waals surface area contributed by atoms with Crippen molar-refractivity contribution in [3.63, 3.8) is 0 Å². The molecule has 0 spiro atoms. The Bertz CT molecular complexity index is 283. The van der Waals surface area contributed by atoms with Crippen molar-refractivity contribution in [2.24, 2.45) is 0 Å². The number of carbonyl (C=O) groups is 1. The van der Waals surface area contributed by atoms with Crippen molar-refractivity contribution in [2.75, 3.05) is 33.0 Å². The third-order valence-electron chi connectivity index (χ3n) is 1.88. The van der Waals surface area contributed by atoms with E-state index < -0.39 is 11.6 Å². The van der Waals surface area contributed by atoms with Gasteiger partial charge in [-0.15, -0.1) is 6.58 Å². The summed E-state index contributed by atoms with van der Waals surface area (Å²) in [5.74, 6) is -0.524. The summed E-state index contributed by atoms with van der Waals surface area (Å²) < 4.78 is 15.2. The lowest BCUT2D eigenvalue weighted by molar-refractivity contribution is -0.149. The van der Waals surface area contributed by atoms with Crippen LogP contribution in [0.5, 0.6) is 0 Å². The molecule has 0 heterocycles. The van der Waals surface area contributed by atoms with Crippen LogP contribution in [0.25, 0.3) is 0 Å². The van der Waals surface area contributed by atoms with Crippen LogP contribution in [0.15, 0.2) is 24.8 Å². The van der Waals surface area contributed by atoms with Gasteiger partial charge in [-0.1, -0.05) is 12.7 Å². The van der Waals surface area contributed by atoms with E-state index in [1.807, 2.05) is 0 Å². The molecule has 0 fully saturated rings. The first-order chi connectivity index (χ1) is 8.39. The van der Waals surface area contributed by atoms with Gasteiger partial charge in [0.05, 0.1) is 26.4 Å². The molecule has 1 unspecified atom stereocenters. The van der Waals surface area contributed by atoms with E-state index in [1.165, 1.54) is 6.92 Å². The molecule has 0 saturated carbocycles. The SMILES string of the molecule is C=CCOCCOCC(C)(O)COC(=O)C(=C)C. The van der Waals surface area contributed by atoms with E-state index >= 15 is 0 Å². The maximum atomic E-state index is 11.1. The number of hydrogen-bond donors (Lipinski definition) is 1. The molecule has 0 aromatic heterocycles. The molecule has 0 amide bonds. The fraction of sp³-hybridized carbons (Fsp3) is 0.615. The standard InChI is InChI=1S/C13H22O5/c1-5-6-16-7-8-17-9-13(4,15)10-18-12(14)11(2)3/h5,15H,1-2,6-10H2,3-4H3. The normalized spacial score (nSPS) is 13.7. The molecule has 0 bridgehead atoms. The Morgan fingerprint density at radius 1 is 1.33 bits per heavy atom. The van der Waals surface area contributed by atoms with Crippen LogP contribution < -0.4 is 0 Å². The maximum Gasteiger partial charge on any atom is 0.333 e. The van der Waals surface area contributed by atoms with Gasteiger partial charge in [-0.3, -0.25) is 0 Å². The van der Waals surface area contributed by atoms with Gasteiger partial charge in [0.15, 0.2) is 0 Å². The minimum absolute atomic E-state index is 0.0634. The first-order valence-corrected chi connectivity index (χ1v) is 5.70. The van der Waals surface area contributed by atoms with E-state index in [0.717, 1.165) is 0 Å². The third-order valence-corrected chi connectivity index (χ3v) is 1.88. The Labute approximate surface area is 108 Å². The zero-order valence-corrected chi connectivity index (χ0v) is 11.1. The molecule has 0 aliphatic heterocycles. The Kier molecular flexibility index (Phi) is 8.28. The molecular formula is C13H22O5. The predicted molar refractivity (Wildman–Crippen MR) is 68.2 cm³/mol. The van der Waals surface area contributed by atoms with Crippen molar-refractivity contribution < 1.29 is 24.1 Å². The lowest BCUT2D eigenvalue weighted by Crippen LogP contribution is -2.37. The molecule has 0 aromatic rings. The first kappa shape index (κ1) is 16.8. The van der Waals surface area contributed by atoms with Crippen LogP contribution >= 0.6 is 0 Å². The van der Waals surface area contributed by atoms with Crippen LogP contribution in [0.2, 0.25) is 0 Å². The second-order valence-electron chi connectivity index (χ2n) is 4.27. The highest BCUT2D eigenvalue weighted by atomic mass is 16.6. The highest BCUT2D eigenvalue weighted by Crippen LogP contribution is 2.06. The summed E-state index contributed by atoms with van der Waals surface area (Å²) in [5.41, 5.74) is -0.923. The van der Waals surface area contributed by atoms with Crippen molar-refractivity contribution in [3.8, 4) is 0 Å². The second kappa shape index (κ2) is 8.85. The molecule has 1 N–H and O–H groups in total. The zero-order valence-electron chi connectivity index (χ0n) is 11.1. The van der Waals surface area contributed by atoms with Gasteiger partial charge < -0.3 is 19.3 Å². The summed E-state index contributed by atoms with van der Waals surface area (Å²) in [6.07, 6.45) is 1.65. The van der Waals surface area contributed by atoms with Crippen LogP contribution in [0.4, 0.5) is 0 Å². The lowest BCUT2D eigenvalue weighted by atomic mass is 10.1. The zero-order chi connectivity index (χ0) is 14.0. The van der Waals surface area contributed by atoms with Crippen LogP contribution in [0.3, 0.4) is 0 Å². The molecule has 1 atom stereocenters. The smallest absolute Gasteiger partial charge is 0.333 e. The van der Waals surface area contributed by atoms with E-state index in [9.17, 15) is 9.90 Å². The van der Waals surface area contributed by atoms with Crippen LogP contribution in [0.1, 0.15) is 13.8 Å². The molecule has 5 nitrogen and oxygen atoms in total. The fourth-order valence-corrected chi connectivity index (χ4v) is 0.962. The van der Waals surface area contributed by atoms with E-state index in [4.69, 9.17) is 14.2 Å². The van der Waals surface area contributed by atoms with Crippen LogP contribution in [0, 0.1) is 0 Å². The van der Waals surface area contributed by atoms with Crippen LogP contribution in [-0.4, -0.2) is 49.7 Å². The predicted octanol–water partition coefficient (Wildman–Crippen LogP) is 1.08. The van der Waals surface area contributed by atoms with Crippen LogP contribution in [-0.2, 0) is 19.0 Å². The lowest BCUT2D eigenvalue weighted by Gasteiger charge is -2.22. The highest BCUT2D eigenvalue weighted by Gasteiger charge is 2.23. The Balaban J connectivity index is 3.69. The molecule has 104 valence electrons. The van der Waals surface area contributed by atoms with Crippen molar-refractivity contribution in [2.45, 2.75) is 19.4 Å². The summed E-state index contributed by atoms with van der Waals surface area (Å²) in [6.45, 7) is 11.2. The molecule has 0 rings (SSSR count). The minimum Gasteiger partial charge on any atom is -0.459 e. The number of ether oxygens (including phenoxy) is 3. The summed E-state index contributed by atoms with van der Waals surface area (Å²) in [5, 5.41) is 9.86. The topological polar surface area (TPSA) is 65.0 Å². The Morgan fingerprint density at radius 3 is 2.50 bits per heavy atom. The first-order valence-electron chi connectivity index (χ1n) is 5.70. The summed E-state index contributed by atoms with van der Waals surface area (Å²) in [7, 11) is 0. The summed E-state index contributed by atoms with van der Waals surface area (Å²) in [4.78, 5) is 11.1. The monoisotopic (exact) mass is 258 g/mol. The van der Waals surface area contributed by atoms with Gasteiger partial charge in [0, 0.05) is 5.57 Å². The Hall–Kier alpha value is -1.17. The van der Waals surface area contributed by atoms with Gasteiger partial charge in [0.2, 0.25) is 0 Å². The van der Waals surface area contributed by atoms with Crippen molar-refractivity contribution in [3.05, 3.63) is 24.8 Å². The molecule has 18 heavy (non-hydrogen) atoms. The van der Waals surface area contributed by atoms with Gasteiger partial charge in [0.1, 0.15) is 12.2 Å². The number of aliphatic hydroxyl groups is 1. The molecule has 5 heteroatoms. The fourth-order valence-electron chi connectivity index (χ4n) is 0.962. The molecule has 0 radical (unpaired) electrons. The second-order valence-corrected chi connectivity index (χ2v) is 4.27. The number of esters is 1. The van der Waals surface area contributed by atoms with E-state index in [0.29, 0.717) is 25.4 Å². The highest BCUT2D eigenvalue weighted by molar-refractivity contribution is 5.86. The van der Waals surface area contributed by atoms with Crippen molar-refractivity contribution in [1.82, 2.24) is 0 Å². The number of rotatable bonds is 10. The van der Waals surface area contributed by atoms with Gasteiger partial charge in [-0.25, -0.2) is 4.79 Å². The summed E-state index contributed by atoms with van der Waals surface area (Å²) >= 11 is 0. The summed E-state index contributed by atoms with van der Waals surface area (Å²) in [6, 6.07) is 0. The van der Waals surface area contributed by atoms with Crippen molar-refractivity contribution >= 4 is 5.97 Å². The third kappa shape index (κ3) is 8.92. The van der Waals surface area contributed by atoms with Crippen molar-refractivity contribution in [1.29, 1.82) is 0 Å². The maximum absolute atomic E-state index is 11.1. The molecule has 0 saturated heterocycles. The number of hydrogen-bond acceptors (Lipinski definition) is 5. The van der Waals surface area contributed by atoms with E-state index in [2.05, 4.69) is 13.2 Å². The largest absolute Gasteiger partial charge is 0.459 e. The van der Waals surface area contributed by atoms with E-state index in [-0.39, 0.29) is 13.2 Å². The quantitative estimate of drug-likeness (QED) is 0.275. The average molecular weight is 258 g/mol. The number of carbonyl (C=O) groups excluding carboxylic acids is 1. The van der Waals surface area contributed by atoms with Gasteiger partial charge in [-0.05, 0) is 13.8 Å². The van der Waals surface area contributed by atoms with Gasteiger partial charge in [0.25, 0.3) is 0 Å². The minimum atomic E-state index is -1.22. The molecule has 0 aliphatic rings. The van der Waals surface area contributed by atoms with Gasteiger partial charge in [-0.2, -0.15) is 0 Å². The molecular weight excluding hydrogens is 236 g/mol. The Morgan fingerprint density at radius 2 is 1.94 bits per heavy atom. The molecule has 0 aromatic carbocycles. The average Bonchev–Trinajstić information content (AvgIpc) is 2.30. The van der Waals surface area contributed by atoms with Gasteiger partial charge >= 0.3 is 5.97 Å². The molecule has 0 aliphatic carbocycles. The van der Waals surface area contributed by atoms with E-state index in [1.54, 1.807) is 13.0 Å².